The number of aromatic nitrogens is 4. The maximum absolute atomic E-state index is 12.0. The van der Waals surface area contributed by atoms with Crippen molar-refractivity contribution < 1.29 is 9.53 Å². The minimum atomic E-state index is -0.235. The first-order valence-electron chi connectivity index (χ1n) is 7.50. The maximum Gasteiger partial charge on any atom is 0.269 e. The molecule has 122 valence electrons. The molecule has 1 N–H and O–H groups in total. The monoisotopic (exact) mass is 323 g/mol. The van der Waals surface area contributed by atoms with Crippen molar-refractivity contribution in [1.29, 1.82) is 0 Å². The van der Waals surface area contributed by atoms with E-state index in [-0.39, 0.29) is 5.91 Å². The fourth-order valence-corrected chi connectivity index (χ4v) is 2.16. The Morgan fingerprint density at radius 1 is 1.21 bits per heavy atom. The van der Waals surface area contributed by atoms with Gasteiger partial charge < -0.3 is 10.1 Å². The van der Waals surface area contributed by atoms with Gasteiger partial charge in [0.25, 0.3) is 5.91 Å². The number of carbonyl (C=O) groups is 1. The number of carbonyl (C=O) groups excluding carboxylic acids is 1. The van der Waals surface area contributed by atoms with Crippen LogP contribution >= 0.6 is 0 Å². The standard InChI is InChI=1S/C17H17N5O2/c1-24-14-7-8-15(19-11-14)17(23)18-9-10-22-12-16(20-21-22)13-5-3-2-4-6-13/h2-8,11-12H,9-10H2,1H3,(H,18,23). The van der Waals surface area contributed by atoms with Crippen LogP contribution in [0.4, 0.5) is 0 Å². The molecular formula is C17H17N5O2. The fourth-order valence-electron chi connectivity index (χ4n) is 2.16. The molecule has 7 nitrogen and oxygen atoms in total. The number of hydrogen-bond donors (Lipinski definition) is 1. The SMILES string of the molecule is COc1ccc(C(=O)NCCn2cc(-c3ccccc3)nn2)nc1. The summed E-state index contributed by atoms with van der Waals surface area (Å²) in [5.74, 6) is 0.378. The van der Waals surface area contributed by atoms with Crippen molar-refractivity contribution in [2.24, 2.45) is 0 Å². The lowest BCUT2D eigenvalue weighted by molar-refractivity contribution is 0.0947. The number of hydrogen-bond acceptors (Lipinski definition) is 5. The van der Waals surface area contributed by atoms with E-state index in [0.29, 0.717) is 24.5 Å². The van der Waals surface area contributed by atoms with Crippen LogP contribution in [0.15, 0.2) is 54.9 Å². The predicted octanol–water partition coefficient (Wildman–Crippen LogP) is 1.78. The van der Waals surface area contributed by atoms with E-state index in [4.69, 9.17) is 4.74 Å². The molecule has 3 aromatic rings. The van der Waals surface area contributed by atoms with Gasteiger partial charge in [-0.3, -0.25) is 9.48 Å². The van der Waals surface area contributed by atoms with Crippen LogP contribution in [0.2, 0.25) is 0 Å². The van der Waals surface area contributed by atoms with Gasteiger partial charge in [-0.2, -0.15) is 0 Å². The Balaban J connectivity index is 1.53. The second-order valence-electron chi connectivity index (χ2n) is 5.07. The van der Waals surface area contributed by atoms with Crippen LogP contribution < -0.4 is 10.1 Å². The van der Waals surface area contributed by atoms with Gasteiger partial charge in [-0.05, 0) is 12.1 Å². The van der Waals surface area contributed by atoms with Gasteiger partial charge in [0.2, 0.25) is 0 Å². The topological polar surface area (TPSA) is 81.9 Å². The zero-order chi connectivity index (χ0) is 16.8. The van der Waals surface area contributed by atoms with Crippen molar-refractivity contribution in [2.45, 2.75) is 6.54 Å². The van der Waals surface area contributed by atoms with E-state index >= 15 is 0 Å². The average Bonchev–Trinajstić information content (AvgIpc) is 3.11. The molecule has 0 spiro atoms. The summed E-state index contributed by atoms with van der Waals surface area (Å²) in [7, 11) is 1.55. The first-order chi connectivity index (χ1) is 11.8. The van der Waals surface area contributed by atoms with Crippen molar-refractivity contribution >= 4 is 5.91 Å². The highest BCUT2D eigenvalue weighted by molar-refractivity contribution is 5.92. The zero-order valence-corrected chi connectivity index (χ0v) is 13.2. The smallest absolute Gasteiger partial charge is 0.269 e. The molecule has 0 radical (unpaired) electrons. The van der Waals surface area contributed by atoms with Gasteiger partial charge in [0.05, 0.1) is 26.0 Å². The van der Waals surface area contributed by atoms with Gasteiger partial charge in [-0.15, -0.1) is 5.10 Å². The largest absolute Gasteiger partial charge is 0.495 e. The molecule has 0 atom stereocenters. The number of rotatable bonds is 6. The summed E-state index contributed by atoms with van der Waals surface area (Å²) < 4.78 is 6.71. The fraction of sp³-hybridized carbons (Fsp3) is 0.176. The number of nitrogens with one attached hydrogen (secondary N) is 1. The summed E-state index contributed by atoms with van der Waals surface area (Å²) >= 11 is 0. The van der Waals surface area contributed by atoms with Crippen LogP contribution in [-0.4, -0.2) is 39.5 Å². The first kappa shape index (κ1) is 15.7. The quantitative estimate of drug-likeness (QED) is 0.748. The minimum absolute atomic E-state index is 0.235. The lowest BCUT2D eigenvalue weighted by Gasteiger charge is -2.05. The van der Waals surface area contributed by atoms with Crippen LogP contribution in [0, 0.1) is 0 Å². The summed E-state index contributed by atoms with van der Waals surface area (Å²) in [6, 6.07) is 13.1. The predicted molar refractivity (Wildman–Crippen MR) is 88.6 cm³/mol. The van der Waals surface area contributed by atoms with Crippen molar-refractivity contribution in [3.05, 3.63) is 60.6 Å². The van der Waals surface area contributed by atoms with E-state index in [1.54, 1.807) is 23.9 Å². The van der Waals surface area contributed by atoms with Gasteiger partial charge in [0.15, 0.2) is 0 Å². The highest BCUT2D eigenvalue weighted by Crippen LogP contribution is 2.14. The van der Waals surface area contributed by atoms with E-state index in [9.17, 15) is 4.79 Å². The van der Waals surface area contributed by atoms with Crippen LogP contribution in [0.5, 0.6) is 5.75 Å². The molecule has 0 saturated carbocycles. The molecule has 0 saturated heterocycles. The summed E-state index contributed by atoms with van der Waals surface area (Å²) in [6.45, 7) is 0.964. The lowest BCUT2D eigenvalue weighted by Crippen LogP contribution is -2.28. The summed E-state index contributed by atoms with van der Waals surface area (Å²) in [6.07, 6.45) is 3.37. The second kappa shape index (κ2) is 7.36. The minimum Gasteiger partial charge on any atom is -0.495 e. The molecule has 0 fully saturated rings. The molecule has 0 aliphatic rings. The van der Waals surface area contributed by atoms with Gasteiger partial charge in [0.1, 0.15) is 17.1 Å². The van der Waals surface area contributed by atoms with E-state index < -0.39 is 0 Å². The number of pyridine rings is 1. The normalized spacial score (nSPS) is 10.4. The van der Waals surface area contributed by atoms with E-state index in [1.807, 2.05) is 36.5 Å². The van der Waals surface area contributed by atoms with Crippen molar-refractivity contribution in [1.82, 2.24) is 25.3 Å². The van der Waals surface area contributed by atoms with Crippen molar-refractivity contribution in [3.8, 4) is 17.0 Å². The van der Waals surface area contributed by atoms with Crippen LogP contribution in [0.3, 0.4) is 0 Å². The molecule has 3 rings (SSSR count). The van der Waals surface area contributed by atoms with Crippen LogP contribution in [0.25, 0.3) is 11.3 Å². The highest BCUT2D eigenvalue weighted by atomic mass is 16.5. The molecule has 0 bridgehead atoms. The van der Waals surface area contributed by atoms with Gasteiger partial charge in [-0.25, -0.2) is 4.98 Å². The number of methoxy groups -OCH3 is 1. The molecule has 0 aliphatic carbocycles. The molecule has 1 amide bonds. The lowest BCUT2D eigenvalue weighted by atomic mass is 10.2. The highest BCUT2D eigenvalue weighted by Gasteiger charge is 2.07. The average molecular weight is 323 g/mol. The third kappa shape index (κ3) is 3.75. The van der Waals surface area contributed by atoms with Gasteiger partial charge in [0, 0.05) is 12.1 Å². The molecular weight excluding hydrogens is 306 g/mol. The maximum atomic E-state index is 12.0. The van der Waals surface area contributed by atoms with Gasteiger partial charge in [-0.1, -0.05) is 35.5 Å². The number of ether oxygens (including phenoxy) is 1. The molecule has 2 heterocycles. The molecule has 2 aromatic heterocycles. The van der Waals surface area contributed by atoms with Crippen molar-refractivity contribution in [2.75, 3.05) is 13.7 Å². The number of nitrogens with zero attached hydrogens (tertiary/aromatic N) is 4. The molecule has 1 aromatic carbocycles. The first-order valence-corrected chi connectivity index (χ1v) is 7.50. The Hall–Kier alpha value is -3.22. The molecule has 24 heavy (non-hydrogen) atoms. The molecule has 0 aliphatic heterocycles. The second-order valence-corrected chi connectivity index (χ2v) is 5.07. The number of benzene rings is 1. The van der Waals surface area contributed by atoms with E-state index in [1.165, 1.54) is 6.20 Å². The van der Waals surface area contributed by atoms with Crippen molar-refractivity contribution in [3.63, 3.8) is 0 Å². The Labute approximate surface area is 139 Å². The Bertz CT molecular complexity index is 799. The summed E-state index contributed by atoms with van der Waals surface area (Å²) in [5, 5.41) is 11.0. The molecule has 0 unspecified atom stereocenters. The van der Waals surface area contributed by atoms with E-state index in [2.05, 4.69) is 20.6 Å². The Morgan fingerprint density at radius 2 is 2.04 bits per heavy atom. The van der Waals surface area contributed by atoms with E-state index in [0.717, 1.165) is 11.3 Å². The number of amides is 1. The summed E-state index contributed by atoms with van der Waals surface area (Å²) in [4.78, 5) is 16.0. The third-order valence-corrected chi connectivity index (χ3v) is 3.44. The van der Waals surface area contributed by atoms with Gasteiger partial charge >= 0.3 is 0 Å². The van der Waals surface area contributed by atoms with Crippen LogP contribution in [0.1, 0.15) is 10.5 Å². The Kier molecular flexibility index (Phi) is 4.81. The third-order valence-electron chi connectivity index (χ3n) is 3.44. The molecule has 7 heteroatoms. The summed E-state index contributed by atoms with van der Waals surface area (Å²) in [5.41, 5.74) is 2.16. The van der Waals surface area contributed by atoms with Crippen LogP contribution in [-0.2, 0) is 6.54 Å². The zero-order valence-electron chi connectivity index (χ0n) is 13.2. The Morgan fingerprint density at radius 3 is 2.75 bits per heavy atom.